The van der Waals surface area contributed by atoms with Crippen LogP contribution < -0.4 is 5.32 Å². The van der Waals surface area contributed by atoms with Crippen molar-refractivity contribution in [3.63, 3.8) is 0 Å². The van der Waals surface area contributed by atoms with E-state index >= 15 is 0 Å². The van der Waals surface area contributed by atoms with Gasteiger partial charge in [-0.05, 0) is 36.2 Å². The van der Waals surface area contributed by atoms with Gasteiger partial charge in [-0.15, -0.1) is 0 Å². The number of sulfone groups is 1. The highest BCUT2D eigenvalue weighted by molar-refractivity contribution is 7.92. The number of para-hydroxylation sites is 1. The second-order valence-corrected chi connectivity index (χ2v) is 7.65. The van der Waals surface area contributed by atoms with E-state index in [4.69, 9.17) is 0 Å². The van der Waals surface area contributed by atoms with Crippen LogP contribution in [-0.4, -0.2) is 25.1 Å². The summed E-state index contributed by atoms with van der Waals surface area (Å²) < 4.78 is 25.3. The van der Waals surface area contributed by atoms with Crippen LogP contribution in [0.15, 0.2) is 65.7 Å². The van der Waals surface area contributed by atoms with Crippen LogP contribution >= 0.6 is 0 Å². The second kappa shape index (κ2) is 7.03. The Kier molecular flexibility index (Phi) is 4.81. The summed E-state index contributed by atoms with van der Waals surface area (Å²) in [4.78, 5) is 16.4. The van der Waals surface area contributed by atoms with Crippen molar-refractivity contribution in [1.29, 1.82) is 0 Å². The molecule has 128 valence electrons. The first-order valence-electron chi connectivity index (χ1n) is 7.95. The van der Waals surface area contributed by atoms with E-state index in [2.05, 4.69) is 10.3 Å². The standard InChI is InChI=1S/C19H18N2O3S/c1-2-14-8-10-16(11-9-14)21-18(22)13-25(23,24)17-7-3-5-15-6-4-12-20-19(15)17/h3-12H,2,13H2,1H3,(H,21,22). The van der Waals surface area contributed by atoms with E-state index in [0.29, 0.717) is 11.2 Å². The Morgan fingerprint density at radius 3 is 2.48 bits per heavy atom. The number of carbonyl (C=O) groups is 1. The molecule has 0 aliphatic rings. The molecule has 0 bridgehead atoms. The lowest BCUT2D eigenvalue weighted by molar-refractivity contribution is -0.113. The minimum Gasteiger partial charge on any atom is -0.325 e. The largest absolute Gasteiger partial charge is 0.325 e. The van der Waals surface area contributed by atoms with Crippen LogP contribution in [-0.2, 0) is 21.1 Å². The van der Waals surface area contributed by atoms with E-state index in [0.717, 1.165) is 17.4 Å². The quantitative estimate of drug-likeness (QED) is 0.763. The van der Waals surface area contributed by atoms with Gasteiger partial charge in [-0.1, -0.05) is 37.3 Å². The summed E-state index contributed by atoms with van der Waals surface area (Å²) in [7, 11) is -3.79. The van der Waals surface area contributed by atoms with Crippen molar-refractivity contribution in [3.05, 3.63) is 66.4 Å². The molecule has 1 N–H and O–H groups in total. The maximum absolute atomic E-state index is 12.6. The molecular formula is C19H18N2O3S. The first kappa shape index (κ1) is 17.1. The third-order valence-corrected chi connectivity index (χ3v) is 5.54. The lowest BCUT2D eigenvalue weighted by atomic mass is 10.1. The molecule has 2 aromatic carbocycles. The van der Waals surface area contributed by atoms with E-state index in [9.17, 15) is 13.2 Å². The number of anilines is 1. The van der Waals surface area contributed by atoms with Gasteiger partial charge in [0.05, 0.1) is 10.4 Å². The van der Waals surface area contributed by atoms with Crippen LogP contribution in [0.4, 0.5) is 5.69 Å². The molecule has 0 saturated heterocycles. The molecule has 3 rings (SSSR count). The number of carbonyl (C=O) groups excluding carboxylic acids is 1. The highest BCUT2D eigenvalue weighted by atomic mass is 32.2. The van der Waals surface area contributed by atoms with Gasteiger partial charge in [-0.25, -0.2) is 8.42 Å². The first-order valence-corrected chi connectivity index (χ1v) is 9.60. The fourth-order valence-electron chi connectivity index (χ4n) is 2.60. The summed E-state index contributed by atoms with van der Waals surface area (Å²) >= 11 is 0. The zero-order valence-electron chi connectivity index (χ0n) is 13.8. The van der Waals surface area contributed by atoms with Gasteiger partial charge in [0.15, 0.2) is 9.84 Å². The number of benzene rings is 2. The average molecular weight is 354 g/mol. The zero-order valence-corrected chi connectivity index (χ0v) is 14.6. The van der Waals surface area contributed by atoms with Crippen molar-refractivity contribution >= 4 is 32.3 Å². The van der Waals surface area contributed by atoms with Gasteiger partial charge >= 0.3 is 0 Å². The van der Waals surface area contributed by atoms with Gasteiger partial charge < -0.3 is 5.32 Å². The van der Waals surface area contributed by atoms with E-state index in [-0.39, 0.29) is 4.90 Å². The van der Waals surface area contributed by atoms with Crippen LogP contribution in [0.2, 0.25) is 0 Å². The van der Waals surface area contributed by atoms with Crippen molar-refractivity contribution in [2.45, 2.75) is 18.2 Å². The van der Waals surface area contributed by atoms with Gasteiger partial charge in [0, 0.05) is 17.3 Å². The SMILES string of the molecule is CCc1ccc(NC(=O)CS(=O)(=O)c2cccc3cccnc23)cc1. The Balaban J connectivity index is 1.81. The molecule has 6 heteroatoms. The number of amides is 1. The number of aryl methyl sites for hydroxylation is 1. The predicted octanol–water partition coefficient (Wildman–Crippen LogP) is 3.21. The molecule has 3 aromatic rings. The molecule has 1 heterocycles. The summed E-state index contributed by atoms with van der Waals surface area (Å²) in [6, 6.07) is 15.8. The van der Waals surface area contributed by atoms with Crippen molar-refractivity contribution in [3.8, 4) is 0 Å². The Labute approximate surface area is 146 Å². The van der Waals surface area contributed by atoms with Crippen molar-refractivity contribution in [2.75, 3.05) is 11.1 Å². The Hall–Kier alpha value is -2.73. The number of pyridine rings is 1. The summed E-state index contributed by atoms with van der Waals surface area (Å²) in [6.45, 7) is 2.04. The third-order valence-electron chi connectivity index (χ3n) is 3.90. The van der Waals surface area contributed by atoms with Crippen LogP contribution in [0.5, 0.6) is 0 Å². The van der Waals surface area contributed by atoms with E-state index < -0.39 is 21.5 Å². The number of nitrogens with zero attached hydrogens (tertiary/aromatic N) is 1. The fraction of sp³-hybridized carbons (Fsp3) is 0.158. The minimum absolute atomic E-state index is 0.0714. The number of hydrogen-bond acceptors (Lipinski definition) is 4. The molecular weight excluding hydrogens is 336 g/mol. The smallest absolute Gasteiger partial charge is 0.239 e. The highest BCUT2D eigenvalue weighted by Gasteiger charge is 2.22. The lowest BCUT2D eigenvalue weighted by Gasteiger charge is -2.09. The number of fused-ring (bicyclic) bond motifs is 1. The van der Waals surface area contributed by atoms with Gasteiger partial charge in [0.2, 0.25) is 5.91 Å². The van der Waals surface area contributed by atoms with E-state index in [1.807, 2.05) is 19.1 Å². The van der Waals surface area contributed by atoms with Crippen LogP contribution in [0, 0.1) is 0 Å². The van der Waals surface area contributed by atoms with E-state index in [1.54, 1.807) is 36.4 Å². The molecule has 0 atom stereocenters. The molecule has 0 aliphatic heterocycles. The van der Waals surface area contributed by atoms with Crippen LogP contribution in [0.25, 0.3) is 10.9 Å². The van der Waals surface area contributed by atoms with Crippen molar-refractivity contribution in [2.24, 2.45) is 0 Å². The first-order chi connectivity index (χ1) is 12.0. The molecule has 25 heavy (non-hydrogen) atoms. The van der Waals surface area contributed by atoms with Gasteiger partial charge in [-0.3, -0.25) is 9.78 Å². The molecule has 1 aromatic heterocycles. The summed E-state index contributed by atoms with van der Waals surface area (Å²) in [5.41, 5.74) is 2.10. The Morgan fingerprint density at radius 1 is 1.04 bits per heavy atom. The van der Waals surface area contributed by atoms with Crippen molar-refractivity contribution < 1.29 is 13.2 Å². The molecule has 0 radical (unpaired) electrons. The summed E-state index contributed by atoms with van der Waals surface area (Å²) in [5, 5.41) is 3.35. The molecule has 1 amide bonds. The Morgan fingerprint density at radius 2 is 1.76 bits per heavy atom. The minimum atomic E-state index is -3.79. The summed E-state index contributed by atoms with van der Waals surface area (Å²) in [5.74, 6) is -1.20. The average Bonchev–Trinajstić information content (AvgIpc) is 2.61. The monoisotopic (exact) mass is 354 g/mol. The molecule has 0 unspecified atom stereocenters. The van der Waals surface area contributed by atoms with Gasteiger partial charge in [0.25, 0.3) is 0 Å². The van der Waals surface area contributed by atoms with Crippen LogP contribution in [0.3, 0.4) is 0 Å². The fourth-order valence-corrected chi connectivity index (χ4v) is 3.92. The Bertz CT molecular complexity index is 1010. The normalized spacial score (nSPS) is 11.4. The summed E-state index contributed by atoms with van der Waals surface area (Å²) in [6.07, 6.45) is 2.44. The molecule has 0 aliphatic carbocycles. The maximum atomic E-state index is 12.6. The third kappa shape index (κ3) is 3.85. The van der Waals surface area contributed by atoms with E-state index in [1.165, 1.54) is 12.3 Å². The topological polar surface area (TPSA) is 76.1 Å². The number of aromatic nitrogens is 1. The second-order valence-electron chi connectivity index (χ2n) is 5.69. The van der Waals surface area contributed by atoms with Crippen LogP contribution in [0.1, 0.15) is 12.5 Å². The molecule has 0 saturated carbocycles. The van der Waals surface area contributed by atoms with Gasteiger partial charge in [0.1, 0.15) is 5.75 Å². The number of nitrogens with one attached hydrogen (secondary N) is 1. The molecule has 5 nitrogen and oxygen atoms in total. The highest BCUT2D eigenvalue weighted by Crippen LogP contribution is 2.22. The van der Waals surface area contributed by atoms with Crippen molar-refractivity contribution in [1.82, 2.24) is 4.98 Å². The zero-order chi connectivity index (χ0) is 17.9. The molecule has 0 spiro atoms. The van der Waals surface area contributed by atoms with Gasteiger partial charge in [-0.2, -0.15) is 0 Å². The maximum Gasteiger partial charge on any atom is 0.239 e. The number of hydrogen-bond donors (Lipinski definition) is 1. The lowest BCUT2D eigenvalue weighted by Crippen LogP contribution is -2.23. The predicted molar refractivity (Wildman–Crippen MR) is 98.2 cm³/mol. The number of rotatable bonds is 5. The molecule has 0 fully saturated rings.